The number of amides is 2. The van der Waals surface area contributed by atoms with Gasteiger partial charge >= 0.3 is 0 Å². The van der Waals surface area contributed by atoms with Gasteiger partial charge in [0.25, 0.3) is 5.91 Å². The van der Waals surface area contributed by atoms with Crippen LogP contribution < -0.4 is 15.1 Å². The lowest BCUT2D eigenvalue weighted by molar-refractivity contribution is -0.133. The number of carbonyl (C=O) groups is 2. The molecular weight excluding hydrogens is 434 g/mol. The second-order valence-electron chi connectivity index (χ2n) is 7.92. The highest BCUT2D eigenvalue weighted by Gasteiger charge is 2.43. The summed E-state index contributed by atoms with van der Waals surface area (Å²) in [5.74, 6) is -0.692. The molecule has 10 heteroatoms. The Morgan fingerprint density at radius 3 is 2.38 bits per heavy atom. The standard InChI is InChI=1S/C22H25N3O6S/c1-31-17-9-11-18(12-10-17)32(29,30)25-13-16-5-2-3-8-19(16)24(14-20(25)21(26)23-28)22(27)15-6-4-7-15/h2-3,5,8-12,15,20,28H,4,6-7,13-14H2,1H3,(H,23,26). The Kier molecular flexibility index (Phi) is 6.18. The molecule has 2 aliphatic rings. The van der Waals surface area contributed by atoms with Crippen LogP contribution in [0, 0.1) is 5.92 Å². The molecule has 9 nitrogen and oxygen atoms in total. The quantitative estimate of drug-likeness (QED) is 0.521. The molecular formula is C22H25N3O6S. The minimum absolute atomic E-state index is 0.0229. The number of anilines is 1. The molecule has 0 aromatic heterocycles. The van der Waals surface area contributed by atoms with Gasteiger partial charge in [-0.05, 0) is 48.7 Å². The van der Waals surface area contributed by atoms with Crippen LogP contribution in [0.2, 0.25) is 0 Å². The van der Waals surface area contributed by atoms with E-state index in [9.17, 15) is 23.2 Å². The highest BCUT2D eigenvalue weighted by molar-refractivity contribution is 7.89. The number of hydrogen-bond acceptors (Lipinski definition) is 6. The van der Waals surface area contributed by atoms with Gasteiger partial charge in [-0.3, -0.25) is 14.8 Å². The van der Waals surface area contributed by atoms with Gasteiger partial charge in [-0.15, -0.1) is 0 Å². The molecule has 2 amide bonds. The third-order valence-electron chi connectivity index (χ3n) is 6.11. The molecule has 2 aromatic carbocycles. The molecule has 1 aliphatic carbocycles. The summed E-state index contributed by atoms with van der Waals surface area (Å²) >= 11 is 0. The summed E-state index contributed by atoms with van der Waals surface area (Å²) in [7, 11) is -2.67. The van der Waals surface area contributed by atoms with Crippen LogP contribution in [0.1, 0.15) is 24.8 Å². The first-order valence-electron chi connectivity index (χ1n) is 10.4. The number of fused-ring (bicyclic) bond motifs is 1. The first-order chi connectivity index (χ1) is 15.4. The third-order valence-corrected chi connectivity index (χ3v) is 7.98. The van der Waals surface area contributed by atoms with Gasteiger partial charge in [-0.1, -0.05) is 24.6 Å². The highest BCUT2D eigenvalue weighted by atomic mass is 32.2. The number of sulfonamides is 1. The Balaban J connectivity index is 1.79. The number of methoxy groups -OCH3 is 1. The van der Waals surface area contributed by atoms with E-state index in [-0.39, 0.29) is 29.8 Å². The van der Waals surface area contributed by atoms with E-state index in [1.807, 2.05) is 0 Å². The van der Waals surface area contributed by atoms with Crippen LogP contribution in [0.5, 0.6) is 5.75 Å². The van der Waals surface area contributed by atoms with E-state index in [0.717, 1.165) is 23.6 Å². The van der Waals surface area contributed by atoms with Crippen molar-refractivity contribution in [3.8, 4) is 5.75 Å². The van der Waals surface area contributed by atoms with Crippen LogP contribution in [0.25, 0.3) is 0 Å². The van der Waals surface area contributed by atoms with E-state index in [0.29, 0.717) is 17.0 Å². The van der Waals surface area contributed by atoms with Crippen LogP contribution in [0.15, 0.2) is 53.4 Å². The van der Waals surface area contributed by atoms with Crippen molar-refractivity contribution < 1.29 is 28.0 Å². The predicted molar refractivity (Wildman–Crippen MR) is 116 cm³/mol. The number of benzene rings is 2. The van der Waals surface area contributed by atoms with Crippen molar-refractivity contribution in [2.45, 2.75) is 36.7 Å². The van der Waals surface area contributed by atoms with E-state index in [2.05, 4.69) is 0 Å². The molecule has 1 atom stereocenters. The molecule has 1 aliphatic heterocycles. The van der Waals surface area contributed by atoms with Crippen molar-refractivity contribution in [2.24, 2.45) is 5.92 Å². The molecule has 170 valence electrons. The molecule has 0 saturated heterocycles. The maximum Gasteiger partial charge on any atom is 0.263 e. The van der Waals surface area contributed by atoms with Crippen molar-refractivity contribution >= 4 is 27.5 Å². The first kappa shape index (κ1) is 22.3. The summed E-state index contributed by atoms with van der Waals surface area (Å²) < 4.78 is 33.3. The van der Waals surface area contributed by atoms with Crippen LogP contribution in [-0.2, 0) is 26.2 Å². The number of carbonyl (C=O) groups excluding carboxylic acids is 2. The Bertz CT molecular complexity index is 1110. The fourth-order valence-corrected chi connectivity index (χ4v) is 5.61. The number of para-hydroxylation sites is 1. The lowest BCUT2D eigenvalue weighted by Crippen LogP contribution is -2.54. The number of nitrogens with one attached hydrogen (secondary N) is 1. The van der Waals surface area contributed by atoms with Crippen molar-refractivity contribution in [1.82, 2.24) is 9.79 Å². The van der Waals surface area contributed by atoms with Gasteiger partial charge in [0.05, 0.1) is 18.6 Å². The number of hydrogen-bond donors (Lipinski definition) is 2. The predicted octanol–water partition coefficient (Wildman–Crippen LogP) is 1.91. The minimum atomic E-state index is -4.15. The zero-order valence-corrected chi connectivity index (χ0v) is 18.4. The van der Waals surface area contributed by atoms with Gasteiger partial charge in [-0.2, -0.15) is 4.31 Å². The van der Waals surface area contributed by atoms with Gasteiger partial charge in [0.1, 0.15) is 11.8 Å². The minimum Gasteiger partial charge on any atom is -0.497 e. The van der Waals surface area contributed by atoms with Crippen molar-refractivity contribution in [3.63, 3.8) is 0 Å². The second kappa shape index (κ2) is 8.89. The lowest BCUT2D eigenvalue weighted by Gasteiger charge is -2.33. The average Bonchev–Trinajstić information content (AvgIpc) is 2.95. The van der Waals surface area contributed by atoms with E-state index >= 15 is 0 Å². The van der Waals surface area contributed by atoms with Crippen molar-refractivity contribution in [2.75, 3.05) is 18.6 Å². The van der Waals surface area contributed by atoms with Gasteiger partial charge in [0.2, 0.25) is 15.9 Å². The van der Waals surface area contributed by atoms with Crippen LogP contribution >= 0.6 is 0 Å². The number of nitrogens with zero attached hydrogens (tertiary/aromatic N) is 2. The molecule has 0 bridgehead atoms. The summed E-state index contributed by atoms with van der Waals surface area (Å²) in [6.45, 7) is -0.328. The molecule has 4 rings (SSSR count). The number of hydroxylamine groups is 1. The Morgan fingerprint density at radius 2 is 1.78 bits per heavy atom. The Hall–Kier alpha value is -2.95. The molecule has 1 saturated carbocycles. The molecule has 2 aromatic rings. The fourth-order valence-electron chi connectivity index (χ4n) is 4.06. The molecule has 0 spiro atoms. The summed E-state index contributed by atoms with van der Waals surface area (Å²) in [5.41, 5.74) is 2.75. The Morgan fingerprint density at radius 1 is 1.09 bits per heavy atom. The van der Waals surface area contributed by atoms with E-state index in [1.54, 1.807) is 29.7 Å². The first-order valence-corrected chi connectivity index (χ1v) is 11.8. The average molecular weight is 460 g/mol. The van der Waals surface area contributed by atoms with Gasteiger partial charge in [0.15, 0.2) is 0 Å². The second-order valence-corrected chi connectivity index (χ2v) is 9.81. The largest absolute Gasteiger partial charge is 0.497 e. The summed E-state index contributed by atoms with van der Waals surface area (Å²) in [4.78, 5) is 27.3. The van der Waals surface area contributed by atoms with E-state index < -0.39 is 22.0 Å². The van der Waals surface area contributed by atoms with Crippen LogP contribution in [0.3, 0.4) is 0 Å². The number of rotatable bonds is 5. The molecule has 1 fully saturated rings. The van der Waals surface area contributed by atoms with Gasteiger partial charge in [0, 0.05) is 18.2 Å². The van der Waals surface area contributed by atoms with Gasteiger partial charge < -0.3 is 9.64 Å². The third kappa shape index (κ3) is 3.96. The maximum absolute atomic E-state index is 13.6. The Labute approximate surface area is 186 Å². The fraction of sp³-hybridized carbons (Fsp3) is 0.364. The zero-order chi connectivity index (χ0) is 22.9. The maximum atomic E-state index is 13.6. The lowest BCUT2D eigenvalue weighted by atomic mass is 9.84. The molecule has 1 heterocycles. The smallest absolute Gasteiger partial charge is 0.263 e. The highest BCUT2D eigenvalue weighted by Crippen LogP contribution is 2.35. The summed E-state index contributed by atoms with van der Waals surface area (Å²) in [5, 5.41) is 9.37. The SMILES string of the molecule is COc1ccc(S(=O)(=O)N2Cc3ccccc3N(C(=O)C3CCC3)CC2C(=O)NO)cc1. The van der Waals surface area contributed by atoms with Gasteiger partial charge in [-0.25, -0.2) is 13.9 Å². The van der Waals surface area contributed by atoms with Crippen molar-refractivity contribution in [1.29, 1.82) is 0 Å². The molecule has 2 N–H and O–H groups in total. The van der Waals surface area contributed by atoms with Crippen molar-refractivity contribution in [3.05, 3.63) is 54.1 Å². The summed E-state index contributed by atoms with van der Waals surface area (Å²) in [6.07, 6.45) is 2.49. The number of ether oxygens (including phenoxy) is 1. The normalized spacial score (nSPS) is 19.4. The zero-order valence-electron chi connectivity index (χ0n) is 17.6. The van der Waals surface area contributed by atoms with E-state index in [1.165, 1.54) is 36.3 Å². The molecule has 0 radical (unpaired) electrons. The summed E-state index contributed by atoms with van der Waals surface area (Å²) in [6, 6.07) is 11.5. The van der Waals surface area contributed by atoms with Crippen LogP contribution in [-0.4, -0.2) is 49.4 Å². The molecule has 32 heavy (non-hydrogen) atoms. The topological polar surface area (TPSA) is 116 Å². The van der Waals surface area contributed by atoms with Crippen LogP contribution in [0.4, 0.5) is 5.69 Å². The monoisotopic (exact) mass is 459 g/mol. The molecule has 1 unspecified atom stereocenters. The van der Waals surface area contributed by atoms with E-state index in [4.69, 9.17) is 4.74 Å².